The van der Waals surface area contributed by atoms with Crippen LogP contribution >= 0.6 is 0 Å². The van der Waals surface area contributed by atoms with Crippen molar-refractivity contribution in [3.8, 4) is 0 Å². The van der Waals surface area contributed by atoms with Gasteiger partial charge in [-0.2, -0.15) is 5.10 Å². The van der Waals surface area contributed by atoms with Gasteiger partial charge in [0.1, 0.15) is 0 Å². The van der Waals surface area contributed by atoms with Crippen molar-refractivity contribution >= 4 is 9.84 Å². The molecule has 0 aliphatic rings. The van der Waals surface area contributed by atoms with E-state index in [9.17, 15) is 8.42 Å². The Morgan fingerprint density at radius 3 is 2.65 bits per heavy atom. The summed E-state index contributed by atoms with van der Waals surface area (Å²) >= 11 is 0. The van der Waals surface area contributed by atoms with E-state index in [-0.39, 0.29) is 11.8 Å². The van der Waals surface area contributed by atoms with Gasteiger partial charge in [-0.15, -0.1) is 0 Å². The summed E-state index contributed by atoms with van der Waals surface area (Å²) in [7, 11) is -3.20. The summed E-state index contributed by atoms with van der Waals surface area (Å²) in [4.78, 5) is 0.376. The molecule has 0 unspecified atom stereocenters. The van der Waals surface area contributed by atoms with Crippen molar-refractivity contribution in [2.75, 3.05) is 12.3 Å². The van der Waals surface area contributed by atoms with Gasteiger partial charge in [0.15, 0.2) is 9.84 Å². The third-order valence-electron chi connectivity index (χ3n) is 2.99. The lowest BCUT2D eigenvalue weighted by Crippen LogP contribution is -2.34. The number of hydrogen-bond acceptors (Lipinski definition) is 4. The summed E-state index contributed by atoms with van der Waals surface area (Å²) in [6, 6.07) is 10.6. The van der Waals surface area contributed by atoms with Crippen molar-refractivity contribution in [2.24, 2.45) is 0 Å². The molecule has 0 saturated carbocycles. The molecule has 0 spiro atoms. The van der Waals surface area contributed by atoms with Crippen LogP contribution in [0.5, 0.6) is 0 Å². The second-order valence-corrected chi connectivity index (χ2v) is 6.82. The zero-order valence-electron chi connectivity index (χ0n) is 11.4. The number of rotatable bonds is 7. The van der Waals surface area contributed by atoms with Gasteiger partial charge in [-0.1, -0.05) is 18.2 Å². The molecule has 6 heteroatoms. The highest BCUT2D eigenvalue weighted by Crippen LogP contribution is 2.09. The average Bonchev–Trinajstić information content (AvgIpc) is 2.92. The molecule has 2 rings (SSSR count). The molecule has 5 nitrogen and oxygen atoms in total. The Kier molecular flexibility index (Phi) is 4.92. The summed E-state index contributed by atoms with van der Waals surface area (Å²) in [5.74, 6) is 0.0977. The molecule has 1 aromatic carbocycles. The fourth-order valence-corrected chi connectivity index (χ4v) is 3.13. The number of benzene rings is 1. The summed E-state index contributed by atoms with van der Waals surface area (Å²) in [6.07, 6.45) is 3.62. The lowest BCUT2D eigenvalue weighted by atomic mass is 10.3. The summed E-state index contributed by atoms with van der Waals surface area (Å²) < 4.78 is 26.0. The zero-order chi connectivity index (χ0) is 14.4. The van der Waals surface area contributed by atoms with Crippen LogP contribution in [0.15, 0.2) is 53.7 Å². The Balaban J connectivity index is 1.81. The van der Waals surface area contributed by atoms with Crippen LogP contribution in [0.25, 0.3) is 0 Å². The SMILES string of the molecule is C[C@H](Cn1cccn1)NCCS(=O)(=O)c1ccccc1. The monoisotopic (exact) mass is 293 g/mol. The van der Waals surface area contributed by atoms with Crippen molar-refractivity contribution in [3.05, 3.63) is 48.8 Å². The standard InChI is InChI=1S/C14H19N3O2S/c1-13(12-17-10-5-8-16-17)15-9-11-20(18,19)14-6-3-2-4-7-14/h2-8,10,13,15H,9,11-12H2,1H3/t13-/m1/s1. The number of sulfone groups is 1. The molecule has 0 fully saturated rings. The predicted molar refractivity (Wildman–Crippen MR) is 78.2 cm³/mol. The molecule has 0 radical (unpaired) electrons. The highest BCUT2D eigenvalue weighted by atomic mass is 32.2. The van der Waals surface area contributed by atoms with Gasteiger partial charge in [0.25, 0.3) is 0 Å². The third-order valence-corrected chi connectivity index (χ3v) is 4.72. The van der Waals surface area contributed by atoms with Crippen molar-refractivity contribution in [1.82, 2.24) is 15.1 Å². The maximum atomic E-state index is 12.1. The molecular formula is C14H19N3O2S. The quantitative estimate of drug-likeness (QED) is 0.836. The van der Waals surface area contributed by atoms with Crippen LogP contribution < -0.4 is 5.32 Å². The Labute approximate surface area is 119 Å². The molecule has 1 aromatic heterocycles. The Morgan fingerprint density at radius 2 is 2.00 bits per heavy atom. The van der Waals surface area contributed by atoms with Crippen molar-refractivity contribution in [1.29, 1.82) is 0 Å². The Morgan fingerprint density at radius 1 is 1.25 bits per heavy atom. The summed E-state index contributed by atoms with van der Waals surface area (Å²) in [5, 5.41) is 7.33. The lowest BCUT2D eigenvalue weighted by molar-refractivity contribution is 0.461. The largest absolute Gasteiger partial charge is 0.311 e. The summed E-state index contributed by atoms with van der Waals surface area (Å²) in [6.45, 7) is 3.16. The van der Waals surface area contributed by atoms with E-state index in [2.05, 4.69) is 10.4 Å². The van der Waals surface area contributed by atoms with Crippen molar-refractivity contribution in [3.63, 3.8) is 0 Å². The van der Waals surface area contributed by atoms with Crippen LogP contribution in [0.1, 0.15) is 6.92 Å². The maximum absolute atomic E-state index is 12.1. The second kappa shape index (κ2) is 6.67. The highest BCUT2D eigenvalue weighted by molar-refractivity contribution is 7.91. The van der Waals surface area contributed by atoms with Crippen molar-refractivity contribution in [2.45, 2.75) is 24.4 Å². The number of nitrogens with one attached hydrogen (secondary N) is 1. The van der Waals surface area contributed by atoms with Crippen LogP contribution in [-0.4, -0.2) is 36.5 Å². The molecule has 108 valence electrons. The van der Waals surface area contributed by atoms with Gasteiger partial charge >= 0.3 is 0 Å². The van der Waals surface area contributed by atoms with Crippen LogP contribution in [0.2, 0.25) is 0 Å². The molecule has 20 heavy (non-hydrogen) atoms. The topological polar surface area (TPSA) is 64.0 Å². The van der Waals surface area contributed by atoms with Crippen LogP contribution in [-0.2, 0) is 16.4 Å². The van der Waals surface area contributed by atoms with Gasteiger partial charge in [-0.3, -0.25) is 4.68 Å². The number of nitrogens with zero attached hydrogens (tertiary/aromatic N) is 2. The molecule has 1 N–H and O–H groups in total. The average molecular weight is 293 g/mol. The van der Waals surface area contributed by atoms with Gasteiger partial charge in [0.2, 0.25) is 0 Å². The van der Waals surface area contributed by atoms with Gasteiger partial charge in [-0.25, -0.2) is 8.42 Å². The lowest BCUT2D eigenvalue weighted by Gasteiger charge is -2.14. The van der Waals surface area contributed by atoms with Crippen LogP contribution in [0, 0.1) is 0 Å². The first-order valence-electron chi connectivity index (χ1n) is 6.56. The van der Waals surface area contributed by atoms with Gasteiger partial charge < -0.3 is 5.32 Å². The minimum Gasteiger partial charge on any atom is -0.311 e. The minimum atomic E-state index is -3.20. The molecule has 0 saturated heterocycles. The molecule has 0 bridgehead atoms. The third kappa shape index (κ3) is 4.18. The van der Waals surface area contributed by atoms with E-state index in [1.165, 1.54) is 0 Å². The van der Waals surface area contributed by atoms with E-state index in [1.807, 2.05) is 29.9 Å². The van der Waals surface area contributed by atoms with Gasteiger partial charge in [0, 0.05) is 25.0 Å². The van der Waals surface area contributed by atoms with Gasteiger partial charge in [0.05, 0.1) is 17.2 Å². The first kappa shape index (κ1) is 14.7. The van der Waals surface area contributed by atoms with E-state index in [0.29, 0.717) is 11.4 Å². The van der Waals surface area contributed by atoms with E-state index in [0.717, 1.165) is 6.54 Å². The number of aromatic nitrogens is 2. The van der Waals surface area contributed by atoms with E-state index in [1.54, 1.807) is 30.5 Å². The van der Waals surface area contributed by atoms with Crippen molar-refractivity contribution < 1.29 is 8.42 Å². The molecule has 0 aliphatic carbocycles. The normalized spacial score (nSPS) is 13.2. The highest BCUT2D eigenvalue weighted by Gasteiger charge is 2.13. The Bertz CT molecular complexity index is 609. The molecule has 0 amide bonds. The van der Waals surface area contributed by atoms with Gasteiger partial charge in [-0.05, 0) is 25.1 Å². The predicted octanol–water partition coefficient (Wildman–Crippen LogP) is 1.34. The molecule has 1 atom stereocenters. The van der Waals surface area contributed by atoms with E-state index in [4.69, 9.17) is 0 Å². The second-order valence-electron chi connectivity index (χ2n) is 4.72. The first-order valence-corrected chi connectivity index (χ1v) is 8.22. The smallest absolute Gasteiger partial charge is 0.179 e. The first-order chi connectivity index (χ1) is 9.58. The molecule has 2 aromatic rings. The fraction of sp³-hybridized carbons (Fsp3) is 0.357. The number of hydrogen-bond donors (Lipinski definition) is 1. The van der Waals surface area contributed by atoms with E-state index < -0.39 is 9.84 Å². The minimum absolute atomic E-state index is 0.0977. The van der Waals surface area contributed by atoms with Crippen LogP contribution in [0.4, 0.5) is 0 Å². The fourth-order valence-electron chi connectivity index (χ4n) is 1.94. The zero-order valence-corrected chi connectivity index (χ0v) is 12.3. The van der Waals surface area contributed by atoms with Crippen LogP contribution in [0.3, 0.4) is 0 Å². The molecule has 0 aliphatic heterocycles. The maximum Gasteiger partial charge on any atom is 0.179 e. The molecule has 1 heterocycles. The molecular weight excluding hydrogens is 274 g/mol. The van der Waals surface area contributed by atoms with E-state index >= 15 is 0 Å². The Hall–Kier alpha value is -1.66. The summed E-state index contributed by atoms with van der Waals surface area (Å²) in [5.41, 5.74) is 0.